The van der Waals surface area contributed by atoms with Crippen molar-refractivity contribution < 1.29 is 19.2 Å². The summed E-state index contributed by atoms with van der Waals surface area (Å²) in [5.41, 5.74) is 0.492. The highest BCUT2D eigenvalue weighted by Gasteiger charge is 2.28. The number of nitro groups is 1. The maximum Gasteiger partial charge on any atom is 0.339 e. The molecule has 2 heterocycles. The monoisotopic (exact) mass is 361 g/mol. The van der Waals surface area contributed by atoms with Gasteiger partial charge in [-0.1, -0.05) is 0 Å². The number of esters is 1. The van der Waals surface area contributed by atoms with Gasteiger partial charge in [0.2, 0.25) is 0 Å². The zero-order chi connectivity index (χ0) is 18.7. The largest absolute Gasteiger partial charge is 0.449 e. The van der Waals surface area contributed by atoms with Crippen LogP contribution in [0.15, 0.2) is 18.2 Å². The van der Waals surface area contributed by atoms with Gasteiger partial charge in [0.1, 0.15) is 5.69 Å². The number of benzene rings is 1. The molecule has 0 bridgehead atoms. The minimum atomic E-state index is -0.905. The van der Waals surface area contributed by atoms with Gasteiger partial charge in [-0.2, -0.15) is 0 Å². The summed E-state index contributed by atoms with van der Waals surface area (Å²) in [5.74, 6) is -0.944. The Hall–Kier alpha value is -2.64. The summed E-state index contributed by atoms with van der Waals surface area (Å²) in [7, 11) is 0. The first-order valence-electron chi connectivity index (χ1n) is 9.00. The maximum absolute atomic E-state index is 12.4. The normalized spacial score (nSPS) is 18.0. The molecule has 2 aliphatic heterocycles. The number of nitrogens with zero attached hydrogens (tertiary/aromatic N) is 3. The van der Waals surface area contributed by atoms with E-state index in [0.717, 1.165) is 38.8 Å². The number of carbonyl (C=O) groups excluding carboxylic acids is 2. The Kier molecular flexibility index (Phi) is 5.39. The lowest BCUT2D eigenvalue weighted by Gasteiger charge is -2.21. The number of hydrogen-bond donors (Lipinski definition) is 0. The molecule has 1 amide bonds. The fraction of sp³-hybridized carbons (Fsp3) is 0.556. The summed E-state index contributed by atoms with van der Waals surface area (Å²) in [5, 5.41) is 11.4. The van der Waals surface area contributed by atoms with E-state index < -0.39 is 17.0 Å². The predicted molar refractivity (Wildman–Crippen MR) is 95.2 cm³/mol. The molecule has 1 aromatic carbocycles. The first-order chi connectivity index (χ1) is 12.5. The maximum atomic E-state index is 12.4. The first-order valence-corrected chi connectivity index (χ1v) is 9.00. The lowest BCUT2D eigenvalue weighted by molar-refractivity contribution is -0.384. The van der Waals surface area contributed by atoms with Crippen LogP contribution >= 0.6 is 0 Å². The standard InChI is InChI=1S/C18H23N3O5/c1-13(17(22)20-10-4-5-11-20)26-18(23)14-6-7-15(16(12-14)21(24)25)19-8-2-3-9-19/h6-7,12-13H,2-5,8-11H2,1H3/t13-/m1/s1. The van der Waals surface area contributed by atoms with E-state index in [4.69, 9.17) is 4.74 Å². The van der Waals surface area contributed by atoms with Crippen LogP contribution in [0.4, 0.5) is 11.4 Å². The molecule has 1 atom stereocenters. The Morgan fingerprint density at radius 2 is 1.73 bits per heavy atom. The van der Waals surface area contributed by atoms with E-state index in [-0.39, 0.29) is 17.2 Å². The molecule has 2 saturated heterocycles. The third-order valence-electron chi connectivity index (χ3n) is 4.90. The molecule has 0 aromatic heterocycles. The smallest absolute Gasteiger partial charge is 0.339 e. The van der Waals surface area contributed by atoms with E-state index in [1.54, 1.807) is 11.0 Å². The van der Waals surface area contributed by atoms with E-state index in [1.165, 1.54) is 19.1 Å². The molecule has 8 heteroatoms. The molecule has 1 aromatic rings. The van der Waals surface area contributed by atoms with Gasteiger partial charge in [-0.15, -0.1) is 0 Å². The predicted octanol–water partition coefficient (Wildman–Crippen LogP) is 2.36. The van der Waals surface area contributed by atoms with Crippen molar-refractivity contribution in [3.8, 4) is 0 Å². The second-order valence-corrected chi connectivity index (χ2v) is 6.73. The Bertz CT molecular complexity index is 709. The van der Waals surface area contributed by atoms with Gasteiger partial charge in [0.05, 0.1) is 10.5 Å². The molecule has 0 spiro atoms. The summed E-state index contributed by atoms with van der Waals surface area (Å²) in [4.78, 5) is 39.2. The van der Waals surface area contributed by atoms with Gasteiger partial charge < -0.3 is 14.5 Å². The van der Waals surface area contributed by atoms with Crippen LogP contribution in [0.25, 0.3) is 0 Å². The average Bonchev–Trinajstić information content (AvgIpc) is 3.33. The number of ether oxygens (including phenoxy) is 1. The van der Waals surface area contributed by atoms with Crippen LogP contribution in [-0.4, -0.2) is 54.0 Å². The molecule has 3 rings (SSSR count). The Balaban J connectivity index is 1.73. The minimum Gasteiger partial charge on any atom is -0.449 e. The van der Waals surface area contributed by atoms with E-state index in [0.29, 0.717) is 18.8 Å². The van der Waals surface area contributed by atoms with Crippen molar-refractivity contribution in [2.24, 2.45) is 0 Å². The number of nitro benzene ring substituents is 1. The highest BCUT2D eigenvalue weighted by atomic mass is 16.6. The highest BCUT2D eigenvalue weighted by molar-refractivity contribution is 5.93. The van der Waals surface area contributed by atoms with Crippen LogP contribution in [-0.2, 0) is 9.53 Å². The summed E-state index contributed by atoms with van der Waals surface area (Å²) in [6.07, 6.45) is 3.00. The highest BCUT2D eigenvalue weighted by Crippen LogP contribution is 2.32. The van der Waals surface area contributed by atoms with Gasteiger partial charge in [-0.25, -0.2) is 4.79 Å². The molecular weight excluding hydrogens is 338 g/mol. The summed E-state index contributed by atoms with van der Waals surface area (Å²) in [6, 6.07) is 4.35. The van der Waals surface area contributed by atoms with Gasteiger partial charge in [0, 0.05) is 32.2 Å². The number of carbonyl (C=O) groups is 2. The summed E-state index contributed by atoms with van der Waals surface area (Å²) >= 11 is 0. The van der Waals surface area contributed by atoms with Gasteiger partial charge in [-0.3, -0.25) is 14.9 Å². The van der Waals surface area contributed by atoms with Crippen molar-refractivity contribution in [1.82, 2.24) is 4.90 Å². The van der Waals surface area contributed by atoms with E-state index in [1.807, 2.05) is 4.90 Å². The van der Waals surface area contributed by atoms with Crippen LogP contribution in [0.2, 0.25) is 0 Å². The number of hydrogen-bond acceptors (Lipinski definition) is 6. The number of anilines is 1. The third-order valence-corrected chi connectivity index (χ3v) is 4.90. The second-order valence-electron chi connectivity index (χ2n) is 6.73. The average molecular weight is 361 g/mol. The van der Waals surface area contributed by atoms with Crippen molar-refractivity contribution >= 4 is 23.3 Å². The molecule has 0 aliphatic carbocycles. The Morgan fingerprint density at radius 3 is 2.35 bits per heavy atom. The van der Waals surface area contributed by atoms with Crippen LogP contribution in [0.1, 0.15) is 43.0 Å². The minimum absolute atomic E-state index is 0.0840. The molecule has 0 radical (unpaired) electrons. The molecule has 0 saturated carbocycles. The van der Waals surface area contributed by atoms with Crippen LogP contribution in [0.5, 0.6) is 0 Å². The lowest BCUT2D eigenvalue weighted by Crippen LogP contribution is -2.38. The van der Waals surface area contributed by atoms with Crippen LogP contribution < -0.4 is 4.90 Å². The van der Waals surface area contributed by atoms with Crippen LogP contribution in [0.3, 0.4) is 0 Å². The van der Waals surface area contributed by atoms with Crippen LogP contribution in [0, 0.1) is 10.1 Å². The molecule has 0 unspecified atom stereocenters. The topological polar surface area (TPSA) is 93.0 Å². The summed E-state index contributed by atoms with van der Waals surface area (Å²) < 4.78 is 5.24. The fourth-order valence-corrected chi connectivity index (χ4v) is 3.50. The number of likely N-dealkylation sites (tertiary alicyclic amines) is 1. The zero-order valence-corrected chi connectivity index (χ0v) is 14.8. The van der Waals surface area contributed by atoms with Gasteiger partial charge in [0.15, 0.2) is 6.10 Å². The van der Waals surface area contributed by atoms with Crippen molar-refractivity contribution in [2.45, 2.75) is 38.7 Å². The Labute approximate surface area is 151 Å². The van der Waals surface area contributed by atoms with E-state index in [9.17, 15) is 19.7 Å². The molecule has 26 heavy (non-hydrogen) atoms. The Morgan fingerprint density at radius 1 is 1.12 bits per heavy atom. The number of amides is 1. The molecular formula is C18H23N3O5. The van der Waals surface area contributed by atoms with E-state index >= 15 is 0 Å². The summed E-state index contributed by atoms with van der Waals surface area (Å²) in [6.45, 7) is 4.43. The third kappa shape index (κ3) is 3.79. The number of rotatable bonds is 5. The molecule has 140 valence electrons. The zero-order valence-electron chi connectivity index (χ0n) is 14.8. The van der Waals surface area contributed by atoms with Crippen molar-refractivity contribution in [2.75, 3.05) is 31.1 Å². The molecule has 2 fully saturated rings. The van der Waals surface area contributed by atoms with Gasteiger partial charge >= 0.3 is 5.97 Å². The quantitative estimate of drug-likeness (QED) is 0.454. The van der Waals surface area contributed by atoms with Crippen molar-refractivity contribution in [1.29, 1.82) is 0 Å². The molecule has 8 nitrogen and oxygen atoms in total. The first kappa shape index (κ1) is 18.2. The fourth-order valence-electron chi connectivity index (χ4n) is 3.50. The van der Waals surface area contributed by atoms with Gasteiger partial charge in [0.25, 0.3) is 11.6 Å². The van der Waals surface area contributed by atoms with E-state index in [2.05, 4.69) is 0 Å². The lowest BCUT2D eigenvalue weighted by atomic mass is 10.1. The molecule has 2 aliphatic rings. The van der Waals surface area contributed by atoms with Crippen molar-refractivity contribution in [3.05, 3.63) is 33.9 Å². The second kappa shape index (κ2) is 7.72. The molecule has 0 N–H and O–H groups in total. The van der Waals surface area contributed by atoms with Gasteiger partial charge in [-0.05, 0) is 44.7 Å². The SMILES string of the molecule is C[C@@H](OC(=O)c1ccc(N2CCCC2)c([N+](=O)[O-])c1)C(=O)N1CCCC1. The van der Waals surface area contributed by atoms with Crippen molar-refractivity contribution in [3.63, 3.8) is 0 Å².